The molecule has 0 spiro atoms. The van der Waals surface area contributed by atoms with Crippen LogP contribution in [0.1, 0.15) is 22.8 Å². The van der Waals surface area contributed by atoms with E-state index < -0.39 is 5.82 Å². The van der Waals surface area contributed by atoms with Gasteiger partial charge in [-0.1, -0.05) is 18.2 Å². The van der Waals surface area contributed by atoms with Crippen LogP contribution in [0, 0.1) is 5.82 Å². The van der Waals surface area contributed by atoms with E-state index in [0.717, 1.165) is 22.7 Å². The number of hydrogen-bond donors (Lipinski definition) is 0. The average Bonchev–Trinajstić information content (AvgIpc) is 2.73. The summed E-state index contributed by atoms with van der Waals surface area (Å²) in [6.45, 7) is 2.87. The summed E-state index contributed by atoms with van der Waals surface area (Å²) in [5.41, 5.74) is 3.09. The summed E-state index contributed by atoms with van der Waals surface area (Å²) in [7, 11) is 3.96. The van der Waals surface area contributed by atoms with Crippen molar-refractivity contribution in [1.82, 2.24) is 0 Å². The lowest BCUT2D eigenvalue weighted by molar-refractivity contribution is 0.0984. The van der Waals surface area contributed by atoms with Crippen molar-refractivity contribution in [3.63, 3.8) is 0 Å². The number of carbonyl (C=O) groups is 1. The summed E-state index contributed by atoms with van der Waals surface area (Å²) in [4.78, 5) is 16.9. The maximum absolute atomic E-state index is 13.7. The van der Waals surface area contributed by atoms with Gasteiger partial charge in [-0.3, -0.25) is 4.79 Å². The predicted octanol–water partition coefficient (Wildman–Crippen LogP) is 5.14. The Balaban J connectivity index is 1.93. The van der Waals surface area contributed by atoms with E-state index >= 15 is 0 Å². The SMILES string of the molecule is CCOc1ccc(N(Cc2ccc(N(C)C)cc2)C(=O)c2cccc(F)c2)cc1. The van der Waals surface area contributed by atoms with Crippen LogP contribution < -0.4 is 14.5 Å². The highest BCUT2D eigenvalue weighted by molar-refractivity contribution is 6.06. The number of halogens is 1. The average molecular weight is 392 g/mol. The molecule has 0 radical (unpaired) electrons. The Morgan fingerprint density at radius 1 is 0.931 bits per heavy atom. The largest absolute Gasteiger partial charge is 0.494 e. The van der Waals surface area contributed by atoms with Gasteiger partial charge in [-0.15, -0.1) is 0 Å². The lowest BCUT2D eigenvalue weighted by atomic mass is 10.1. The van der Waals surface area contributed by atoms with Crippen LogP contribution in [-0.4, -0.2) is 26.6 Å². The smallest absolute Gasteiger partial charge is 0.258 e. The minimum Gasteiger partial charge on any atom is -0.494 e. The van der Waals surface area contributed by atoms with Crippen LogP contribution in [0.15, 0.2) is 72.8 Å². The first-order valence-electron chi connectivity index (χ1n) is 9.54. The molecule has 0 bridgehead atoms. The number of amides is 1. The fourth-order valence-corrected chi connectivity index (χ4v) is 3.03. The lowest BCUT2D eigenvalue weighted by Gasteiger charge is -2.24. The lowest BCUT2D eigenvalue weighted by Crippen LogP contribution is -2.30. The molecule has 4 nitrogen and oxygen atoms in total. The van der Waals surface area contributed by atoms with Crippen LogP contribution in [0.25, 0.3) is 0 Å². The van der Waals surface area contributed by atoms with E-state index in [1.165, 1.54) is 12.1 Å². The second kappa shape index (κ2) is 9.24. The summed E-state index contributed by atoms with van der Waals surface area (Å²) in [6, 6.07) is 21.1. The molecule has 0 heterocycles. The highest BCUT2D eigenvalue weighted by atomic mass is 19.1. The Hall–Kier alpha value is -3.34. The van der Waals surface area contributed by atoms with Crippen molar-refractivity contribution >= 4 is 17.3 Å². The molecule has 3 aromatic carbocycles. The van der Waals surface area contributed by atoms with E-state index in [2.05, 4.69) is 0 Å². The minimum absolute atomic E-state index is 0.259. The van der Waals surface area contributed by atoms with Gasteiger partial charge in [0.2, 0.25) is 0 Å². The summed E-state index contributed by atoms with van der Waals surface area (Å²) < 4.78 is 19.2. The summed E-state index contributed by atoms with van der Waals surface area (Å²) in [6.07, 6.45) is 0. The quantitative estimate of drug-likeness (QED) is 0.558. The molecule has 0 N–H and O–H groups in total. The van der Waals surface area contributed by atoms with Gasteiger partial charge in [-0.2, -0.15) is 0 Å². The summed E-state index contributed by atoms with van der Waals surface area (Å²) in [5, 5.41) is 0. The number of benzene rings is 3. The topological polar surface area (TPSA) is 32.8 Å². The zero-order valence-electron chi connectivity index (χ0n) is 16.9. The van der Waals surface area contributed by atoms with Crippen molar-refractivity contribution in [3.8, 4) is 5.75 Å². The molecule has 0 aromatic heterocycles. The van der Waals surface area contributed by atoms with Gasteiger partial charge >= 0.3 is 0 Å². The molecule has 1 amide bonds. The van der Waals surface area contributed by atoms with Gasteiger partial charge in [0.15, 0.2) is 0 Å². The first-order chi connectivity index (χ1) is 14.0. The first kappa shape index (κ1) is 20.4. The molecule has 150 valence electrons. The number of carbonyl (C=O) groups excluding carboxylic acids is 1. The molecule has 0 atom stereocenters. The molecule has 0 aliphatic rings. The fourth-order valence-electron chi connectivity index (χ4n) is 3.03. The number of nitrogens with zero attached hydrogens (tertiary/aromatic N) is 2. The Morgan fingerprint density at radius 2 is 1.59 bits per heavy atom. The number of rotatable bonds is 7. The van der Waals surface area contributed by atoms with Crippen molar-refractivity contribution in [3.05, 3.63) is 89.7 Å². The van der Waals surface area contributed by atoms with E-state index in [1.807, 2.05) is 74.4 Å². The van der Waals surface area contributed by atoms with Crippen LogP contribution in [0.5, 0.6) is 5.75 Å². The van der Waals surface area contributed by atoms with Crippen molar-refractivity contribution in [2.75, 3.05) is 30.5 Å². The predicted molar refractivity (Wildman–Crippen MR) is 115 cm³/mol. The Kier molecular flexibility index (Phi) is 6.50. The highest BCUT2D eigenvalue weighted by Gasteiger charge is 2.19. The van der Waals surface area contributed by atoms with Gasteiger partial charge in [0, 0.05) is 31.0 Å². The Bertz CT molecular complexity index is 953. The zero-order valence-corrected chi connectivity index (χ0v) is 16.9. The Labute approximate surface area is 171 Å². The van der Waals surface area contributed by atoms with E-state index in [9.17, 15) is 9.18 Å². The number of anilines is 2. The van der Waals surface area contributed by atoms with Crippen LogP contribution >= 0.6 is 0 Å². The molecule has 0 fully saturated rings. The van der Waals surface area contributed by atoms with Gasteiger partial charge in [0.1, 0.15) is 11.6 Å². The first-order valence-corrected chi connectivity index (χ1v) is 9.54. The van der Waals surface area contributed by atoms with Gasteiger partial charge in [0.25, 0.3) is 5.91 Å². The number of ether oxygens (including phenoxy) is 1. The second-order valence-electron chi connectivity index (χ2n) is 6.89. The van der Waals surface area contributed by atoms with Crippen molar-refractivity contribution in [2.45, 2.75) is 13.5 Å². The molecule has 29 heavy (non-hydrogen) atoms. The van der Waals surface area contributed by atoms with E-state index in [0.29, 0.717) is 18.7 Å². The molecule has 0 unspecified atom stereocenters. The number of hydrogen-bond acceptors (Lipinski definition) is 3. The van der Waals surface area contributed by atoms with E-state index in [4.69, 9.17) is 4.74 Å². The monoisotopic (exact) mass is 392 g/mol. The Morgan fingerprint density at radius 3 is 2.17 bits per heavy atom. The normalized spacial score (nSPS) is 10.5. The van der Waals surface area contributed by atoms with Crippen LogP contribution in [0.2, 0.25) is 0 Å². The van der Waals surface area contributed by atoms with E-state index in [-0.39, 0.29) is 5.91 Å². The molecule has 0 saturated carbocycles. The third-order valence-corrected chi connectivity index (χ3v) is 4.57. The maximum Gasteiger partial charge on any atom is 0.258 e. The third-order valence-electron chi connectivity index (χ3n) is 4.57. The molecular formula is C24H25FN2O2. The molecule has 5 heteroatoms. The van der Waals surface area contributed by atoms with Crippen LogP contribution in [-0.2, 0) is 6.54 Å². The van der Waals surface area contributed by atoms with Crippen molar-refractivity contribution in [2.24, 2.45) is 0 Å². The van der Waals surface area contributed by atoms with Gasteiger partial charge in [0.05, 0.1) is 13.2 Å². The van der Waals surface area contributed by atoms with Crippen molar-refractivity contribution in [1.29, 1.82) is 0 Å². The molecular weight excluding hydrogens is 367 g/mol. The summed E-state index contributed by atoms with van der Waals surface area (Å²) >= 11 is 0. The van der Waals surface area contributed by atoms with Gasteiger partial charge in [-0.25, -0.2) is 4.39 Å². The van der Waals surface area contributed by atoms with Crippen molar-refractivity contribution < 1.29 is 13.9 Å². The minimum atomic E-state index is -0.433. The standard InChI is InChI=1S/C24H25FN2O2/c1-4-29-23-14-12-22(13-15-23)27(24(28)19-6-5-7-20(25)16-19)17-18-8-10-21(11-9-18)26(2)3/h5-16H,4,17H2,1-3H3. The second-order valence-corrected chi connectivity index (χ2v) is 6.89. The van der Waals surface area contributed by atoms with Gasteiger partial charge in [-0.05, 0) is 67.1 Å². The van der Waals surface area contributed by atoms with Gasteiger partial charge < -0.3 is 14.5 Å². The van der Waals surface area contributed by atoms with Crippen LogP contribution in [0.4, 0.5) is 15.8 Å². The van der Waals surface area contributed by atoms with Crippen LogP contribution in [0.3, 0.4) is 0 Å². The summed E-state index contributed by atoms with van der Waals surface area (Å²) in [5.74, 6) is 0.0490. The zero-order chi connectivity index (χ0) is 20.8. The molecule has 0 saturated heterocycles. The molecule has 0 aliphatic carbocycles. The molecule has 0 aliphatic heterocycles. The fraction of sp³-hybridized carbons (Fsp3) is 0.208. The molecule has 3 aromatic rings. The molecule has 3 rings (SSSR count). The van der Waals surface area contributed by atoms with E-state index in [1.54, 1.807) is 17.0 Å². The third kappa shape index (κ3) is 5.13. The maximum atomic E-state index is 13.7. The highest BCUT2D eigenvalue weighted by Crippen LogP contribution is 2.24.